The second kappa shape index (κ2) is 18.9. The minimum absolute atomic E-state index is 0.281. The lowest BCUT2D eigenvalue weighted by atomic mass is 10.1. The number of ether oxygens (including phenoxy) is 2. The third kappa shape index (κ3) is 16.0. The number of halogens is 6. The molecule has 1 unspecified atom stereocenters. The monoisotopic (exact) mass is 640 g/mol. The molecule has 2 rings (SSSR count). The van der Waals surface area contributed by atoms with Crippen LogP contribution in [0.2, 0.25) is 0 Å². The molecule has 240 valence electrons. The zero-order valence-electron chi connectivity index (χ0n) is 24.0. The van der Waals surface area contributed by atoms with Crippen LogP contribution in [0.1, 0.15) is 39.7 Å². The molecule has 15 heteroatoms. The van der Waals surface area contributed by atoms with E-state index < -0.39 is 57.2 Å². The zero-order chi connectivity index (χ0) is 33.3. The highest BCUT2D eigenvalue weighted by atomic mass is 28.4. The van der Waals surface area contributed by atoms with Gasteiger partial charge >= 0.3 is 39.0 Å². The van der Waals surface area contributed by atoms with Crippen LogP contribution in [0.5, 0.6) is 0 Å². The van der Waals surface area contributed by atoms with Gasteiger partial charge in [0, 0.05) is 31.5 Å². The van der Waals surface area contributed by atoms with Gasteiger partial charge < -0.3 is 22.8 Å². The van der Waals surface area contributed by atoms with Crippen LogP contribution in [-0.2, 0) is 37.1 Å². The van der Waals surface area contributed by atoms with Gasteiger partial charge in [-0.3, -0.25) is 0 Å². The van der Waals surface area contributed by atoms with Gasteiger partial charge in [0.2, 0.25) is 6.17 Å². The van der Waals surface area contributed by atoms with Gasteiger partial charge in [-0.1, -0.05) is 49.6 Å². The summed E-state index contributed by atoms with van der Waals surface area (Å²) in [5.41, 5.74) is 2.44. The molecule has 0 aliphatic carbocycles. The Balaban J connectivity index is 0.000000622. The van der Waals surface area contributed by atoms with Crippen molar-refractivity contribution in [3.8, 4) is 0 Å². The maximum absolute atomic E-state index is 12.6. The van der Waals surface area contributed by atoms with Crippen molar-refractivity contribution < 1.29 is 63.5 Å². The van der Waals surface area contributed by atoms with E-state index in [0.717, 1.165) is 12.5 Å². The van der Waals surface area contributed by atoms with E-state index in [1.807, 2.05) is 51.1 Å². The van der Waals surface area contributed by atoms with Crippen LogP contribution in [0.15, 0.2) is 72.5 Å². The van der Waals surface area contributed by atoms with E-state index in [1.165, 1.54) is 6.08 Å². The molecule has 1 aliphatic rings. The van der Waals surface area contributed by atoms with Crippen LogP contribution >= 0.6 is 0 Å². The highest BCUT2D eigenvalue weighted by Crippen LogP contribution is 2.33. The fourth-order valence-corrected chi connectivity index (χ4v) is 4.54. The number of benzene rings is 1. The van der Waals surface area contributed by atoms with Gasteiger partial charge in [0.05, 0.1) is 12.0 Å². The van der Waals surface area contributed by atoms with Crippen molar-refractivity contribution in [1.82, 2.24) is 0 Å². The van der Waals surface area contributed by atoms with Gasteiger partial charge in [-0.25, -0.2) is 18.8 Å². The fraction of sp³-hybridized carbons (Fsp3) is 0.393. The Morgan fingerprint density at radius 1 is 0.977 bits per heavy atom. The summed E-state index contributed by atoms with van der Waals surface area (Å²) in [6.07, 6.45) is -11.5. The van der Waals surface area contributed by atoms with Gasteiger partial charge in [-0.15, -0.1) is 0 Å². The van der Waals surface area contributed by atoms with Gasteiger partial charge in [-0.05, 0) is 45.0 Å². The first-order valence-electron chi connectivity index (χ1n) is 12.7. The van der Waals surface area contributed by atoms with E-state index in [0.29, 0.717) is 19.8 Å². The Hall–Kier alpha value is -3.53. The molecule has 0 saturated carbocycles. The van der Waals surface area contributed by atoms with Gasteiger partial charge in [0.25, 0.3) is 0 Å². The third-order valence-electron chi connectivity index (χ3n) is 4.60. The van der Waals surface area contributed by atoms with Crippen molar-refractivity contribution in [2.45, 2.75) is 52.6 Å². The van der Waals surface area contributed by atoms with Crippen LogP contribution in [-0.4, -0.2) is 65.0 Å². The Morgan fingerprint density at radius 2 is 1.49 bits per heavy atom. The van der Waals surface area contributed by atoms with Crippen molar-refractivity contribution in [2.24, 2.45) is 0 Å². The largest absolute Gasteiger partial charge is 0.528 e. The molecule has 1 aliphatic heterocycles. The minimum Gasteiger partial charge on any atom is -0.395 e. The fourth-order valence-electron chi connectivity index (χ4n) is 2.73. The first-order valence-corrected chi connectivity index (χ1v) is 14.5. The van der Waals surface area contributed by atoms with Crippen LogP contribution in [0.25, 0.3) is 6.08 Å². The maximum atomic E-state index is 12.6. The standard InChI is InChI=1S/C12H8O3.C8H8F6O2.C8H18O3Si/c13-11-8-10(12(14)15-11)7-6-9-4-2-1-3-5-9;1-4(2)6(15)16-8(13,14)5(9)3-7(10,11)12;1-5-9-12(8-4,10-6-2)11-7-3/h1-8H;5H,1,3H2,2H3;8H,4-7H2,1-3H3. The number of carbonyl (C=O) groups is 3. The number of alkyl halides is 6. The lowest BCUT2D eigenvalue weighted by molar-refractivity contribution is -0.275. The van der Waals surface area contributed by atoms with E-state index in [4.69, 9.17) is 13.3 Å². The summed E-state index contributed by atoms with van der Waals surface area (Å²) < 4.78 is 96.4. The van der Waals surface area contributed by atoms with Gasteiger partial charge in [0.15, 0.2) is 0 Å². The van der Waals surface area contributed by atoms with Crippen molar-refractivity contribution in [3.05, 3.63) is 78.1 Å². The van der Waals surface area contributed by atoms with Crippen molar-refractivity contribution in [2.75, 3.05) is 19.8 Å². The number of cyclic esters (lactones) is 2. The Labute approximate surface area is 247 Å². The highest BCUT2D eigenvalue weighted by molar-refractivity contribution is 6.66. The topological polar surface area (TPSA) is 97.4 Å². The molecular weight excluding hydrogens is 606 g/mol. The molecule has 1 aromatic carbocycles. The summed E-state index contributed by atoms with van der Waals surface area (Å²) in [5.74, 6) is -2.85. The second-order valence-corrected chi connectivity index (χ2v) is 10.7. The summed E-state index contributed by atoms with van der Waals surface area (Å²) in [7, 11) is -2.51. The molecule has 0 N–H and O–H groups in total. The van der Waals surface area contributed by atoms with Gasteiger partial charge in [0.1, 0.15) is 0 Å². The smallest absolute Gasteiger partial charge is 0.395 e. The average molecular weight is 641 g/mol. The van der Waals surface area contributed by atoms with E-state index in [9.17, 15) is 40.7 Å². The second-order valence-electron chi connectivity index (χ2n) is 8.18. The number of hydrogen-bond acceptors (Lipinski definition) is 8. The average Bonchev–Trinajstić information content (AvgIpc) is 3.24. The quantitative estimate of drug-likeness (QED) is 0.0797. The zero-order valence-corrected chi connectivity index (χ0v) is 25.0. The van der Waals surface area contributed by atoms with Crippen LogP contribution in [0.3, 0.4) is 0 Å². The number of esters is 3. The van der Waals surface area contributed by atoms with Crippen molar-refractivity contribution in [1.29, 1.82) is 0 Å². The molecule has 43 heavy (non-hydrogen) atoms. The Bertz CT molecular complexity index is 1120. The SMILES string of the molecule is C=C(C)C(=O)OC(F)(F)C(F)CC(F)(F)F.C=C[Si](OCC)(OCC)OCC.O=C1C=C(C=Cc2ccccc2)C(=O)O1. The summed E-state index contributed by atoms with van der Waals surface area (Å²) in [6.45, 7) is 15.1. The molecule has 0 bridgehead atoms. The molecule has 0 aromatic heterocycles. The molecule has 0 saturated heterocycles. The molecular formula is C28H34F6O8Si. The first kappa shape index (κ1) is 39.5. The van der Waals surface area contributed by atoms with E-state index in [1.54, 1.807) is 17.9 Å². The predicted molar refractivity (Wildman–Crippen MR) is 147 cm³/mol. The molecule has 0 radical (unpaired) electrons. The van der Waals surface area contributed by atoms with Gasteiger partial charge in [-0.2, -0.15) is 22.0 Å². The number of hydrogen-bond donors (Lipinski definition) is 0. The lowest BCUT2D eigenvalue weighted by Crippen LogP contribution is -2.44. The highest BCUT2D eigenvalue weighted by Gasteiger charge is 2.50. The van der Waals surface area contributed by atoms with Crippen LogP contribution in [0.4, 0.5) is 26.3 Å². The molecule has 1 atom stereocenters. The number of carbonyl (C=O) groups excluding carboxylic acids is 3. The maximum Gasteiger partial charge on any atom is 0.528 e. The van der Waals surface area contributed by atoms with E-state index >= 15 is 0 Å². The molecule has 8 nitrogen and oxygen atoms in total. The predicted octanol–water partition coefficient (Wildman–Crippen LogP) is 6.46. The Morgan fingerprint density at radius 3 is 1.86 bits per heavy atom. The van der Waals surface area contributed by atoms with E-state index in [2.05, 4.69) is 22.6 Å². The summed E-state index contributed by atoms with van der Waals surface area (Å²) in [4.78, 5) is 32.3. The van der Waals surface area contributed by atoms with Crippen molar-refractivity contribution in [3.63, 3.8) is 0 Å². The molecule has 0 amide bonds. The third-order valence-corrected chi connectivity index (χ3v) is 7.17. The molecule has 0 spiro atoms. The van der Waals surface area contributed by atoms with Crippen LogP contribution < -0.4 is 0 Å². The summed E-state index contributed by atoms with van der Waals surface area (Å²) in [6, 6.07) is 9.50. The first-order chi connectivity index (χ1) is 20.0. The lowest BCUT2D eigenvalue weighted by Gasteiger charge is -2.24. The normalized spacial score (nSPS) is 14.0. The Kier molecular flexibility index (Phi) is 17.3. The minimum atomic E-state index is -5.11. The number of rotatable bonds is 13. The molecule has 0 fully saturated rings. The van der Waals surface area contributed by atoms with Crippen LogP contribution in [0, 0.1) is 0 Å². The van der Waals surface area contributed by atoms with Crippen molar-refractivity contribution >= 4 is 32.8 Å². The molecule has 1 aromatic rings. The van der Waals surface area contributed by atoms with E-state index in [-0.39, 0.29) is 5.57 Å². The summed E-state index contributed by atoms with van der Waals surface area (Å²) >= 11 is 0. The molecule has 1 heterocycles. The summed E-state index contributed by atoms with van der Waals surface area (Å²) in [5, 5.41) is 0.